The molecule has 0 spiro atoms. The fourth-order valence-electron chi connectivity index (χ4n) is 7.95. The van der Waals surface area contributed by atoms with Gasteiger partial charge in [0.15, 0.2) is 6.29 Å². The lowest BCUT2D eigenvalue weighted by molar-refractivity contribution is -0.302. The molecule has 9 heteroatoms. The van der Waals surface area contributed by atoms with Gasteiger partial charge < -0.3 is 40.3 Å². The molecule has 0 aromatic rings. The number of hydrogen-bond acceptors (Lipinski definition) is 8. The third-order valence-electron chi connectivity index (χ3n) is 12.1. The first-order chi connectivity index (χ1) is 30.3. The Morgan fingerprint density at radius 1 is 0.532 bits per heavy atom. The van der Waals surface area contributed by atoms with Crippen LogP contribution in [0.25, 0.3) is 0 Å². The van der Waals surface area contributed by atoms with Crippen LogP contribution in [-0.4, -0.2) is 87.5 Å². The minimum Gasteiger partial charge on any atom is -0.394 e. The monoisotopic (exact) mass is 876 g/mol. The molecule has 6 N–H and O–H groups in total. The first-order valence-corrected chi connectivity index (χ1v) is 25.9. The van der Waals surface area contributed by atoms with Crippen LogP contribution in [0.1, 0.15) is 226 Å². The number of nitrogens with one attached hydrogen (secondary N) is 1. The molecule has 1 amide bonds. The normalized spacial score (nSPS) is 20.7. The number of carbonyl (C=O) groups is 1. The second-order valence-corrected chi connectivity index (χ2v) is 17.9. The molecule has 0 aromatic heterocycles. The fourth-order valence-corrected chi connectivity index (χ4v) is 7.95. The molecule has 1 saturated heterocycles. The predicted molar refractivity (Wildman–Crippen MR) is 258 cm³/mol. The van der Waals surface area contributed by atoms with Crippen LogP contribution < -0.4 is 5.32 Å². The Labute approximate surface area is 380 Å². The van der Waals surface area contributed by atoms with Gasteiger partial charge in [-0.25, -0.2) is 0 Å². The number of amides is 1. The van der Waals surface area contributed by atoms with Crippen LogP contribution in [0.15, 0.2) is 48.6 Å². The standard InChI is InChI=1S/C53H97NO8/c1-3-5-7-9-11-13-15-17-19-21-23-24-25-27-29-31-33-35-37-39-41-43-49(57)54-46(45-61-53-52(60)51(59)50(58)48(44-55)62-53)47(56)42-40-38-36-34-32-30-28-26-22-20-18-16-14-12-10-8-6-4-2/h21-23,26,32,34,40,42,46-48,50-53,55-56,58-60H,3-20,24-25,27-31,33,35-39,41,43-45H2,1-2H3,(H,54,57)/b23-21-,26-22+,34-32+,42-40+. The third-order valence-corrected chi connectivity index (χ3v) is 12.1. The van der Waals surface area contributed by atoms with Crippen LogP contribution in [0.4, 0.5) is 0 Å². The molecule has 1 heterocycles. The summed E-state index contributed by atoms with van der Waals surface area (Å²) in [6, 6.07) is -0.829. The maximum Gasteiger partial charge on any atom is 0.220 e. The SMILES string of the molecule is CCCCCCCCCC/C=C\CCCCCCCCCCCC(=O)NC(COC1OC(CO)C(O)C(O)C1O)C(O)/C=C/CC/C=C/CC/C=C/CCCCCCCCCC. The van der Waals surface area contributed by atoms with E-state index >= 15 is 0 Å². The van der Waals surface area contributed by atoms with Gasteiger partial charge in [0, 0.05) is 6.42 Å². The number of unbranched alkanes of at least 4 members (excludes halogenated alkanes) is 27. The Hall–Kier alpha value is -1.85. The van der Waals surface area contributed by atoms with E-state index in [-0.39, 0.29) is 12.5 Å². The second-order valence-electron chi connectivity index (χ2n) is 17.9. The van der Waals surface area contributed by atoms with E-state index in [4.69, 9.17) is 9.47 Å². The zero-order chi connectivity index (χ0) is 45.1. The molecule has 0 radical (unpaired) electrons. The van der Waals surface area contributed by atoms with Crippen molar-refractivity contribution >= 4 is 5.91 Å². The molecule has 9 nitrogen and oxygen atoms in total. The van der Waals surface area contributed by atoms with Crippen molar-refractivity contribution in [2.75, 3.05) is 13.2 Å². The number of allylic oxidation sites excluding steroid dienone is 7. The van der Waals surface area contributed by atoms with Crippen molar-refractivity contribution < 1.29 is 39.8 Å². The summed E-state index contributed by atoms with van der Waals surface area (Å²) in [7, 11) is 0. The molecule has 7 unspecified atom stereocenters. The predicted octanol–water partition coefficient (Wildman–Crippen LogP) is 11.8. The number of rotatable bonds is 43. The maximum atomic E-state index is 13.0. The van der Waals surface area contributed by atoms with E-state index in [0.717, 1.165) is 44.9 Å². The van der Waals surface area contributed by atoms with Crippen LogP contribution in [0.2, 0.25) is 0 Å². The molecule has 1 aliphatic heterocycles. The van der Waals surface area contributed by atoms with Crippen molar-refractivity contribution in [2.24, 2.45) is 0 Å². The first kappa shape index (κ1) is 58.2. The maximum absolute atomic E-state index is 13.0. The lowest BCUT2D eigenvalue weighted by Gasteiger charge is -2.40. The average molecular weight is 876 g/mol. The molecule has 362 valence electrons. The zero-order valence-corrected chi connectivity index (χ0v) is 39.9. The summed E-state index contributed by atoms with van der Waals surface area (Å²) in [6.07, 6.45) is 48.7. The van der Waals surface area contributed by atoms with Gasteiger partial charge in [-0.15, -0.1) is 0 Å². The van der Waals surface area contributed by atoms with E-state index in [1.54, 1.807) is 6.08 Å². The highest BCUT2D eigenvalue weighted by Gasteiger charge is 2.44. The molecule has 62 heavy (non-hydrogen) atoms. The van der Waals surface area contributed by atoms with E-state index in [0.29, 0.717) is 6.42 Å². The highest BCUT2D eigenvalue weighted by Crippen LogP contribution is 2.23. The summed E-state index contributed by atoms with van der Waals surface area (Å²) in [4.78, 5) is 13.0. The van der Waals surface area contributed by atoms with Crippen LogP contribution in [0, 0.1) is 0 Å². The molecule has 1 rings (SSSR count). The van der Waals surface area contributed by atoms with Crippen LogP contribution in [0.3, 0.4) is 0 Å². The largest absolute Gasteiger partial charge is 0.394 e. The number of aliphatic hydroxyl groups excluding tert-OH is 5. The Kier molecular flexibility index (Phi) is 40.4. The summed E-state index contributed by atoms with van der Waals surface area (Å²) in [5.41, 5.74) is 0. The Morgan fingerprint density at radius 2 is 0.919 bits per heavy atom. The number of aliphatic hydroxyl groups is 5. The van der Waals surface area contributed by atoms with E-state index < -0.39 is 49.5 Å². The Morgan fingerprint density at radius 3 is 1.35 bits per heavy atom. The topological polar surface area (TPSA) is 149 Å². The summed E-state index contributed by atoms with van der Waals surface area (Å²) >= 11 is 0. The van der Waals surface area contributed by atoms with Gasteiger partial charge in [0.2, 0.25) is 5.91 Å². The van der Waals surface area contributed by atoms with Crippen molar-refractivity contribution in [1.29, 1.82) is 0 Å². The zero-order valence-electron chi connectivity index (χ0n) is 39.9. The van der Waals surface area contributed by atoms with Gasteiger partial charge in [0.25, 0.3) is 0 Å². The van der Waals surface area contributed by atoms with Crippen molar-refractivity contribution in [2.45, 2.75) is 269 Å². The quantitative estimate of drug-likeness (QED) is 0.0262. The van der Waals surface area contributed by atoms with Gasteiger partial charge in [0.05, 0.1) is 25.4 Å². The van der Waals surface area contributed by atoms with Crippen molar-refractivity contribution in [1.82, 2.24) is 5.32 Å². The molecule has 0 saturated carbocycles. The van der Waals surface area contributed by atoms with Crippen molar-refractivity contribution in [3.63, 3.8) is 0 Å². The van der Waals surface area contributed by atoms with Crippen LogP contribution in [0.5, 0.6) is 0 Å². The van der Waals surface area contributed by atoms with Gasteiger partial charge in [-0.1, -0.05) is 197 Å². The van der Waals surface area contributed by atoms with Crippen molar-refractivity contribution in [3.8, 4) is 0 Å². The molecule has 7 atom stereocenters. The molecule has 0 aromatic carbocycles. The third kappa shape index (κ3) is 32.8. The molecular formula is C53H97NO8. The summed E-state index contributed by atoms with van der Waals surface area (Å²) < 4.78 is 11.2. The Bertz CT molecular complexity index is 1110. The van der Waals surface area contributed by atoms with Gasteiger partial charge in [-0.3, -0.25) is 4.79 Å². The van der Waals surface area contributed by atoms with E-state index in [2.05, 4.69) is 55.6 Å². The van der Waals surface area contributed by atoms with E-state index in [1.165, 1.54) is 161 Å². The minimum atomic E-state index is -1.57. The lowest BCUT2D eigenvalue weighted by atomic mass is 9.99. The summed E-state index contributed by atoms with van der Waals surface area (Å²) in [5.74, 6) is -0.193. The van der Waals surface area contributed by atoms with Gasteiger partial charge in [0.1, 0.15) is 24.4 Å². The minimum absolute atomic E-state index is 0.193. The highest BCUT2D eigenvalue weighted by molar-refractivity contribution is 5.76. The number of hydrogen-bond donors (Lipinski definition) is 6. The first-order valence-electron chi connectivity index (χ1n) is 25.9. The Balaban J connectivity index is 2.33. The summed E-state index contributed by atoms with van der Waals surface area (Å²) in [5, 5.41) is 54.3. The van der Waals surface area contributed by atoms with E-state index in [1.807, 2.05) is 6.08 Å². The van der Waals surface area contributed by atoms with E-state index in [9.17, 15) is 30.3 Å². The molecular weight excluding hydrogens is 779 g/mol. The molecule has 0 bridgehead atoms. The summed E-state index contributed by atoms with van der Waals surface area (Å²) in [6.45, 7) is 3.76. The number of carbonyl (C=O) groups excluding carboxylic acids is 1. The number of ether oxygens (including phenoxy) is 2. The van der Waals surface area contributed by atoms with Gasteiger partial charge >= 0.3 is 0 Å². The average Bonchev–Trinajstić information content (AvgIpc) is 3.27. The molecule has 1 aliphatic rings. The molecule has 1 fully saturated rings. The fraction of sp³-hybridized carbons (Fsp3) is 0.830. The van der Waals surface area contributed by atoms with Crippen molar-refractivity contribution in [3.05, 3.63) is 48.6 Å². The van der Waals surface area contributed by atoms with Crippen LogP contribution in [-0.2, 0) is 14.3 Å². The van der Waals surface area contributed by atoms with Crippen LogP contribution >= 0.6 is 0 Å². The van der Waals surface area contributed by atoms with Gasteiger partial charge in [-0.05, 0) is 70.6 Å². The lowest BCUT2D eigenvalue weighted by Crippen LogP contribution is -2.60. The highest BCUT2D eigenvalue weighted by atomic mass is 16.7. The molecule has 0 aliphatic carbocycles. The smallest absolute Gasteiger partial charge is 0.220 e. The second kappa shape index (κ2) is 43.1. The van der Waals surface area contributed by atoms with Gasteiger partial charge in [-0.2, -0.15) is 0 Å².